The first-order chi connectivity index (χ1) is 8.34. The SMILES string of the molecule is CCC(C)(N)C(=O)NCC1(N(C)C)CCCCC1. The third kappa shape index (κ3) is 3.45. The number of nitrogens with zero attached hydrogens (tertiary/aromatic N) is 1. The smallest absolute Gasteiger partial charge is 0.239 e. The molecule has 0 heterocycles. The van der Waals surface area contributed by atoms with Crippen molar-refractivity contribution in [2.45, 2.75) is 63.5 Å². The van der Waals surface area contributed by atoms with Gasteiger partial charge >= 0.3 is 0 Å². The van der Waals surface area contributed by atoms with E-state index in [-0.39, 0.29) is 11.4 Å². The molecule has 1 unspecified atom stereocenters. The molecule has 0 radical (unpaired) electrons. The van der Waals surface area contributed by atoms with Gasteiger partial charge in [-0.05, 0) is 40.3 Å². The summed E-state index contributed by atoms with van der Waals surface area (Å²) in [6.45, 7) is 4.46. The number of hydrogen-bond acceptors (Lipinski definition) is 3. The maximum absolute atomic E-state index is 12.0. The number of carbonyl (C=O) groups excluding carboxylic acids is 1. The highest BCUT2D eigenvalue weighted by atomic mass is 16.2. The topological polar surface area (TPSA) is 58.4 Å². The van der Waals surface area contributed by atoms with E-state index in [1.807, 2.05) is 6.92 Å². The largest absolute Gasteiger partial charge is 0.353 e. The van der Waals surface area contributed by atoms with Crippen LogP contribution in [0.4, 0.5) is 0 Å². The second-order valence-electron chi connectivity index (χ2n) is 6.13. The van der Waals surface area contributed by atoms with Gasteiger partial charge in [0.2, 0.25) is 5.91 Å². The third-order valence-electron chi connectivity index (χ3n) is 4.56. The van der Waals surface area contributed by atoms with Crippen molar-refractivity contribution >= 4 is 5.91 Å². The van der Waals surface area contributed by atoms with E-state index in [0.29, 0.717) is 13.0 Å². The Balaban J connectivity index is 2.61. The summed E-state index contributed by atoms with van der Waals surface area (Å²) in [5.74, 6) is -0.0307. The summed E-state index contributed by atoms with van der Waals surface area (Å²) in [6, 6.07) is 0. The summed E-state index contributed by atoms with van der Waals surface area (Å²) in [5, 5.41) is 3.06. The number of nitrogens with two attached hydrogens (primary N) is 1. The first-order valence-corrected chi connectivity index (χ1v) is 7.09. The van der Waals surface area contributed by atoms with E-state index in [1.54, 1.807) is 6.92 Å². The Hall–Kier alpha value is -0.610. The number of nitrogens with one attached hydrogen (secondary N) is 1. The van der Waals surface area contributed by atoms with E-state index in [9.17, 15) is 4.79 Å². The average molecular weight is 255 g/mol. The molecule has 0 aliphatic heterocycles. The van der Waals surface area contributed by atoms with Gasteiger partial charge in [-0.3, -0.25) is 4.79 Å². The Labute approximate surface area is 111 Å². The first-order valence-electron chi connectivity index (χ1n) is 7.09. The zero-order valence-electron chi connectivity index (χ0n) is 12.4. The van der Waals surface area contributed by atoms with Gasteiger partial charge in [0.1, 0.15) is 0 Å². The predicted molar refractivity (Wildman–Crippen MR) is 75.4 cm³/mol. The van der Waals surface area contributed by atoms with Crippen molar-refractivity contribution in [2.24, 2.45) is 5.73 Å². The van der Waals surface area contributed by atoms with Gasteiger partial charge in [0.05, 0.1) is 5.54 Å². The number of likely N-dealkylation sites (N-methyl/N-ethyl adjacent to an activating group) is 1. The lowest BCUT2D eigenvalue weighted by Crippen LogP contribution is -2.58. The van der Waals surface area contributed by atoms with Gasteiger partial charge in [0.15, 0.2) is 0 Å². The van der Waals surface area contributed by atoms with E-state index >= 15 is 0 Å². The van der Waals surface area contributed by atoms with Crippen LogP contribution in [0.2, 0.25) is 0 Å². The van der Waals surface area contributed by atoms with Crippen molar-refractivity contribution in [3.8, 4) is 0 Å². The molecule has 0 aromatic carbocycles. The highest BCUT2D eigenvalue weighted by Gasteiger charge is 2.36. The Morgan fingerprint density at radius 3 is 2.33 bits per heavy atom. The average Bonchev–Trinajstić information content (AvgIpc) is 2.36. The predicted octanol–water partition coefficient (Wildman–Crippen LogP) is 1.49. The van der Waals surface area contributed by atoms with Gasteiger partial charge in [0, 0.05) is 12.1 Å². The van der Waals surface area contributed by atoms with Gasteiger partial charge in [-0.1, -0.05) is 26.2 Å². The zero-order valence-corrected chi connectivity index (χ0v) is 12.4. The molecule has 1 fully saturated rings. The molecule has 4 nitrogen and oxygen atoms in total. The zero-order chi connectivity index (χ0) is 13.8. The van der Waals surface area contributed by atoms with E-state index in [2.05, 4.69) is 24.3 Å². The molecule has 1 saturated carbocycles. The minimum atomic E-state index is -0.748. The van der Waals surface area contributed by atoms with Gasteiger partial charge in [-0.25, -0.2) is 0 Å². The quantitative estimate of drug-likeness (QED) is 0.782. The van der Waals surface area contributed by atoms with E-state index < -0.39 is 5.54 Å². The van der Waals surface area contributed by atoms with Crippen molar-refractivity contribution < 1.29 is 4.79 Å². The van der Waals surface area contributed by atoms with Gasteiger partial charge in [-0.2, -0.15) is 0 Å². The molecule has 1 atom stereocenters. The second kappa shape index (κ2) is 6.02. The molecule has 18 heavy (non-hydrogen) atoms. The normalized spacial score (nSPS) is 22.6. The first kappa shape index (κ1) is 15.4. The highest BCUT2D eigenvalue weighted by Crippen LogP contribution is 2.31. The summed E-state index contributed by atoms with van der Waals surface area (Å²) in [7, 11) is 4.22. The molecular weight excluding hydrogens is 226 g/mol. The molecule has 4 heteroatoms. The molecule has 106 valence electrons. The van der Waals surface area contributed by atoms with E-state index in [1.165, 1.54) is 19.3 Å². The number of amides is 1. The lowest BCUT2D eigenvalue weighted by Gasteiger charge is -2.43. The van der Waals surface area contributed by atoms with Crippen molar-refractivity contribution in [2.75, 3.05) is 20.6 Å². The molecule has 0 aromatic rings. The maximum atomic E-state index is 12.0. The number of rotatable bonds is 5. The van der Waals surface area contributed by atoms with E-state index in [0.717, 1.165) is 12.8 Å². The van der Waals surface area contributed by atoms with Crippen molar-refractivity contribution in [3.05, 3.63) is 0 Å². The third-order valence-corrected chi connectivity index (χ3v) is 4.56. The lowest BCUT2D eigenvalue weighted by atomic mass is 9.80. The molecule has 0 bridgehead atoms. The van der Waals surface area contributed by atoms with Crippen molar-refractivity contribution in [1.82, 2.24) is 10.2 Å². The van der Waals surface area contributed by atoms with Crippen molar-refractivity contribution in [1.29, 1.82) is 0 Å². The summed E-state index contributed by atoms with van der Waals surface area (Å²) >= 11 is 0. The summed E-state index contributed by atoms with van der Waals surface area (Å²) in [4.78, 5) is 14.3. The Bertz CT molecular complexity index is 281. The molecule has 1 aliphatic rings. The van der Waals surface area contributed by atoms with Crippen LogP contribution < -0.4 is 11.1 Å². The minimum absolute atomic E-state index is 0.0307. The van der Waals surface area contributed by atoms with Crippen LogP contribution in [-0.4, -0.2) is 42.5 Å². The summed E-state index contributed by atoms with van der Waals surface area (Å²) in [6.07, 6.45) is 6.80. The molecular formula is C14H29N3O. The molecule has 1 aliphatic carbocycles. The number of carbonyl (C=O) groups is 1. The van der Waals surface area contributed by atoms with Gasteiger partial charge in [0.25, 0.3) is 0 Å². The van der Waals surface area contributed by atoms with Crippen LogP contribution in [0.3, 0.4) is 0 Å². The molecule has 1 rings (SSSR count). The lowest BCUT2D eigenvalue weighted by molar-refractivity contribution is -0.126. The fourth-order valence-electron chi connectivity index (χ4n) is 2.60. The minimum Gasteiger partial charge on any atom is -0.353 e. The Morgan fingerprint density at radius 1 is 1.33 bits per heavy atom. The Morgan fingerprint density at radius 2 is 1.89 bits per heavy atom. The van der Waals surface area contributed by atoms with Crippen molar-refractivity contribution in [3.63, 3.8) is 0 Å². The van der Waals surface area contributed by atoms with Gasteiger partial charge in [-0.15, -0.1) is 0 Å². The summed E-state index contributed by atoms with van der Waals surface area (Å²) in [5.41, 5.74) is 5.34. The molecule has 3 N–H and O–H groups in total. The highest BCUT2D eigenvalue weighted by molar-refractivity contribution is 5.85. The molecule has 0 aromatic heterocycles. The maximum Gasteiger partial charge on any atom is 0.239 e. The van der Waals surface area contributed by atoms with E-state index in [4.69, 9.17) is 5.73 Å². The standard InChI is InChI=1S/C14H29N3O/c1-5-13(2,15)12(18)16-11-14(17(3)4)9-7-6-8-10-14/h5-11,15H2,1-4H3,(H,16,18). The molecule has 1 amide bonds. The van der Waals surface area contributed by atoms with Crippen LogP contribution >= 0.6 is 0 Å². The second-order valence-corrected chi connectivity index (χ2v) is 6.13. The Kier molecular flexibility index (Phi) is 5.17. The fourth-order valence-corrected chi connectivity index (χ4v) is 2.60. The van der Waals surface area contributed by atoms with Crippen LogP contribution in [0.1, 0.15) is 52.4 Å². The van der Waals surface area contributed by atoms with Crippen LogP contribution in [0, 0.1) is 0 Å². The van der Waals surface area contributed by atoms with Gasteiger partial charge < -0.3 is 16.0 Å². The van der Waals surface area contributed by atoms with Crippen LogP contribution in [-0.2, 0) is 4.79 Å². The monoisotopic (exact) mass is 255 g/mol. The summed E-state index contributed by atoms with van der Waals surface area (Å²) < 4.78 is 0. The van der Waals surface area contributed by atoms with Crippen LogP contribution in [0.5, 0.6) is 0 Å². The molecule has 0 spiro atoms. The molecule has 0 saturated heterocycles. The number of hydrogen-bond donors (Lipinski definition) is 2. The van der Waals surface area contributed by atoms with Crippen LogP contribution in [0.25, 0.3) is 0 Å². The fraction of sp³-hybridized carbons (Fsp3) is 0.929. The van der Waals surface area contributed by atoms with Crippen LogP contribution in [0.15, 0.2) is 0 Å².